The van der Waals surface area contributed by atoms with Crippen molar-refractivity contribution in [2.75, 3.05) is 18.4 Å². The van der Waals surface area contributed by atoms with E-state index in [-0.39, 0.29) is 52.2 Å². The number of carbonyl (C=O) groups is 1. The number of nitro benzene ring substituents is 1. The van der Waals surface area contributed by atoms with Gasteiger partial charge in [0.15, 0.2) is 0 Å². The van der Waals surface area contributed by atoms with Crippen LogP contribution in [0.3, 0.4) is 0 Å². The second-order valence-electron chi connectivity index (χ2n) is 7.44. The Labute approximate surface area is 185 Å². The van der Waals surface area contributed by atoms with Gasteiger partial charge in [0.05, 0.1) is 22.2 Å². The van der Waals surface area contributed by atoms with Crippen molar-refractivity contribution >= 4 is 38.9 Å². The SMILES string of the molecule is Cc1ccc(NC(=O)c2ccc(Cl)c(S(=O)(=O)N3CC(C)OC(C)C3)c2)cc1[N+](=O)[O-]. The highest BCUT2D eigenvalue weighted by atomic mass is 35.5. The number of rotatable bonds is 5. The molecule has 2 atom stereocenters. The van der Waals surface area contributed by atoms with Crippen molar-refractivity contribution in [3.05, 3.63) is 62.7 Å². The van der Waals surface area contributed by atoms with Crippen LogP contribution in [0.5, 0.6) is 0 Å². The number of aryl methyl sites for hydroxylation is 1. The average Bonchev–Trinajstić information content (AvgIpc) is 2.68. The first-order valence-electron chi connectivity index (χ1n) is 9.50. The molecular weight excluding hydrogens is 446 g/mol. The molecule has 0 saturated carbocycles. The molecule has 1 fully saturated rings. The van der Waals surface area contributed by atoms with Crippen LogP contribution in [0.2, 0.25) is 5.02 Å². The third kappa shape index (κ3) is 5.04. The molecule has 0 bridgehead atoms. The minimum absolute atomic E-state index is 0.00526. The molecule has 1 saturated heterocycles. The predicted octanol–water partition coefficient (Wildman–Crippen LogP) is 3.61. The van der Waals surface area contributed by atoms with Gasteiger partial charge in [0.2, 0.25) is 10.0 Å². The molecule has 31 heavy (non-hydrogen) atoms. The van der Waals surface area contributed by atoms with Gasteiger partial charge in [0, 0.05) is 36.0 Å². The van der Waals surface area contributed by atoms with Gasteiger partial charge < -0.3 is 10.1 Å². The van der Waals surface area contributed by atoms with E-state index in [1.807, 2.05) is 0 Å². The quantitative estimate of drug-likeness (QED) is 0.530. The third-order valence-corrected chi connectivity index (χ3v) is 7.17. The van der Waals surface area contributed by atoms with Crippen LogP contribution in [-0.4, -0.2) is 48.9 Å². The first-order valence-corrected chi connectivity index (χ1v) is 11.3. The fourth-order valence-electron chi connectivity index (χ4n) is 3.40. The van der Waals surface area contributed by atoms with Gasteiger partial charge in [-0.3, -0.25) is 14.9 Å². The van der Waals surface area contributed by atoms with E-state index < -0.39 is 20.9 Å². The minimum atomic E-state index is -3.96. The largest absolute Gasteiger partial charge is 0.373 e. The molecule has 1 N–H and O–H groups in total. The van der Waals surface area contributed by atoms with Crippen LogP contribution in [0.15, 0.2) is 41.3 Å². The lowest BCUT2D eigenvalue weighted by molar-refractivity contribution is -0.385. The maximum Gasteiger partial charge on any atom is 0.274 e. The molecule has 2 aromatic rings. The van der Waals surface area contributed by atoms with Gasteiger partial charge in [-0.15, -0.1) is 0 Å². The topological polar surface area (TPSA) is 119 Å². The number of halogens is 1. The second kappa shape index (κ2) is 8.91. The summed E-state index contributed by atoms with van der Waals surface area (Å²) in [4.78, 5) is 23.1. The summed E-state index contributed by atoms with van der Waals surface area (Å²) in [6, 6.07) is 8.24. The standard InChI is InChI=1S/C20H22ClN3O6S/c1-12-4-6-16(9-18(12)24(26)27)22-20(25)15-5-7-17(21)19(8-15)31(28,29)23-10-13(2)30-14(3)11-23/h4-9,13-14H,10-11H2,1-3H3,(H,22,25). The van der Waals surface area contributed by atoms with Crippen LogP contribution in [0.25, 0.3) is 0 Å². The summed E-state index contributed by atoms with van der Waals surface area (Å²) in [7, 11) is -3.96. The normalized spacial score (nSPS) is 19.7. The number of carbonyl (C=O) groups excluding carboxylic acids is 1. The number of nitrogens with one attached hydrogen (secondary N) is 1. The summed E-state index contributed by atoms with van der Waals surface area (Å²) >= 11 is 6.17. The number of nitro groups is 1. The molecule has 0 radical (unpaired) electrons. The van der Waals surface area contributed by atoms with Crippen molar-refractivity contribution in [1.82, 2.24) is 4.31 Å². The Morgan fingerprint density at radius 3 is 2.45 bits per heavy atom. The zero-order valence-electron chi connectivity index (χ0n) is 17.2. The second-order valence-corrected chi connectivity index (χ2v) is 9.75. The van der Waals surface area contributed by atoms with Crippen molar-refractivity contribution in [3.8, 4) is 0 Å². The Morgan fingerprint density at radius 2 is 1.84 bits per heavy atom. The van der Waals surface area contributed by atoms with E-state index in [1.54, 1.807) is 20.8 Å². The zero-order chi connectivity index (χ0) is 22.9. The van der Waals surface area contributed by atoms with Crippen molar-refractivity contribution in [2.24, 2.45) is 0 Å². The summed E-state index contributed by atoms with van der Waals surface area (Å²) in [5.74, 6) is -0.616. The lowest BCUT2D eigenvalue weighted by Gasteiger charge is -2.34. The van der Waals surface area contributed by atoms with Crippen molar-refractivity contribution in [1.29, 1.82) is 0 Å². The molecule has 2 aromatic carbocycles. The van der Waals surface area contributed by atoms with Crippen LogP contribution >= 0.6 is 11.6 Å². The summed E-state index contributed by atoms with van der Waals surface area (Å²) < 4.78 is 33.2. The molecule has 0 aliphatic carbocycles. The molecule has 0 spiro atoms. The van der Waals surface area contributed by atoms with Gasteiger partial charge in [-0.25, -0.2) is 8.42 Å². The van der Waals surface area contributed by atoms with Crippen LogP contribution in [0.4, 0.5) is 11.4 Å². The number of nitrogens with zero attached hydrogens (tertiary/aromatic N) is 2. The monoisotopic (exact) mass is 467 g/mol. The number of morpholine rings is 1. The van der Waals surface area contributed by atoms with Gasteiger partial charge in [-0.2, -0.15) is 4.31 Å². The number of sulfonamides is 1. The highest BCUT2D eigenvalue weighted by molar-refractivity contribution is 7.89. The van der Waals surface area contributed by atoms with Crippen LogP contribution in [0.1, 0.15) is 29.8 Å². The first kappa shape index (κ1) is 23.1. The molecule has 3 rings (SSSR count). The van der Waals surface area contributed by atoms with Gasteiger partial charge in [-0.05, 0) is 45.0 Å². The highest BCUT2D eigenvalue weighted by Gasteiger charge is 2.34. The Balaban J connectivity index is 1.89. The molecule has 1 heterocycles. The zero-order valence-corrected chi connectivity index (χ0v) is 18.7. The lowest BCUT2D eigenvalue weighted by Crippen LogP contribution is -2.48. The van der Waals surface area contributed by atoms with E-state index >= 15 is 0 Å². The molecule has 1 aliphatic heterocycles. The number of anilines is 1. The Morgan fingerprint density at radius 1 is 1.19 bits per heavy atom. The maximum atomic E-state index is 13.2. The van der Waals surface area contributed by atoms with E-state index in [1.165, 1.54) is 40.7 Å². The van der Waals surface area contributed by atoms with Gasteiger partial charge in [0.25, 0.3) is 11.6 Å². The molecular formula is C20H22ClN3O6S. The van der Waals surface area contributed by atoms with Crippen molar-refractivity contribution in [3.63, 3.8) is 0 Å². The molecule has 2 unspecified atom stereocenters. The Bertz CT molecular complexity index is 1130. The van der Waals surface area contributed by atoms with E-state index in [0.29, 0.717) is 5.56 Å². The van der Waals surface area contributed by atoms with E-state index in [2.05, 4.69) is 5.32 Å². The molecule has 11 heteroatoms. The molecule has 9 nitrogen and oxygen atoms in total. The molecule has 166 valence electrons. The van der Waals surface area contributed by atoms with Gasteiger partial charge in [0.1, 0.15) is 4.90 Å². The minimum Gasteiger partial charge on any atom is -0.373 e. The van der Waals surface area contributed by atoms with Gasteiger partial charge in [-0.1, -0.05) is 17.7 Å². The first-order chi connectivity index (χ1) is 14.5. The summed E-state index contributed by atoms with van der Waals surface area (Å²) in [6.07, 6.45) is -0.554. The molecule has 1 amide bonds. The molecule has 0 aromatic heterocycles. The number of benzene rings is 2. The number of amides is 1. The van der Waals surface area contributed by atoms with E-state index in [0.717, 1.165) is 0 Å². The lowest BCUT2D eigenvalue weighted by atomic mass is 10.1. The fourth-order valence-corrected chi connectivity index (χ4v) is 5.49. The van der Waals surface area contributed by atoms with Gasteiger partial charge >= 0.3 is 0 Å². The predicted molar refractivity (Wildman–Crippen MR) is 116 cm³/mol. The number of hydrogen-bond acceptors (Lipinski definition) is 6. The van der Waals surface area contributed by atoms with Crippen molar-refractivity contribution in [2.45, 2.75) is 37.9 Å². The summed E-state index contributed by atoms with van der Waals surface area (Å²) in [6.45, 7) is 5.50. The van der Waals surface area contributed by atoms with E-state index in [9.17, 15) is 23.3 Å². The third-order valence-electron chi connectivity index (χ3n) is 4.86. The Kier molecular flexibility index (Phi) is 6.65. The fraction of sp³-hybridized carbons (Fsp3) is 0.350. The smallest absolute Gasteiger partial charge is 0.274 e. The number of ether oxygens (including phenoxy) is 1. The molecule has 1 aliphatic rings. The van der Waals surface area contributed by atoms with E-state index in [4.69, 9.17) is 16.3 Å². The summed E-state index contributed by atoms with van der Waals surface area (Å²) in [5, 5.41) is 13.7. The van der Waals surface area contributed by atoms with Crippen LogP contribution < -0.4 is 5.32 Å². The Hall–Kier alpha value is -2.53. The maximum absolute atomic E-state index is 13.2. The van der Waals surface area contributed by atoms with Crippen LogP contribution in [-0.2, 0) is 14.8 Å². The van der Waals surface area contributed by atoms with Crippen LogP contribution in [0, 0.1) is 17.0 Å². The summed E-state index contributed by atoms with van der Waals surface area (Å²) in [5.41, 5.74) is 0.600. The number of hydrogen-bond donors (Lipinski definition) is 1. The highest BCUT2D eigenvalue weighted by Crippen LogP contribution is 2.29. The average molecular weight is 468 g/mol. The van der Waals surface area contributed by atoms with Crippen molar-refractivity contribution < 1.29 is 22.9 Å².